The number of thiol groups is 1. The first-order chi connectivity index (χ1) is 2.89. The Morgan fingerprint density at radius 1 is 1.83 bits per heavy atom. The third-order valence-corrected chi connectivity index (χ3v) is 4.02. The summed E-state index contributed by atoms with van der Waals surface area (Å²) in [5.74, 6) is 0. The van der Waals surface area contributed by atoms with Gasteiger partial charge in [-0.15, -0.1) is 0 Å². The summed E-state index contributed by atoms with van der Waals surface area (Å²) in [5, 5.41) is 0. The molecule has 0 saturated heterocycles. The molecule has 0 fully saturated rings. The molecule has 36 valence electrons. The molecule has 0 unspecified atom stereocenters. The third kappa shape index (κ3) is 1.15. The van der Waals surface area contributed by atoms with Gasteiger partial charge in [-0.3, -0.25) is 0 Å². The molecular formula is C4H6IS-. The number of rotatable bonds is 0. The molecule has 6 heavy (non-hydrogen) atoms. The van der Waals surface area contributed by atoms with E-state index in [1.54, 1.807) is 0 Å². The van der Waals surface area contributed by atoms with Gasteiger partial charge in [-0.05, 0) is 0 Å². The molecule has 0 aromatic heterocycles. The van der Waals surface area contributed by atoms with Crippen molar-refractivity contribution >= 4 is 12.6 Å². The van der Waals surface area contributed by atoms with Gasteiger partial charge in [-0.1, -0.05) is 0 Å². The van der Waals surface area contributed by atoms with Crippen molar-refractivity contribution in [2.45, 2.75) is 6.42 Å². The Bertz CT molecular complexity index is 77.6. The minimum absolute atomic E-state index is 0.405. The molecule has 1 heterocycles. The fraction of sp³-hybridized carbons (Fsp3) is 0.500. The summed E-state index contributed by atoms with van der Waals surface area (Å²) in [6, 6.07) is 0. The fourth-order valence-corrected chi connectivity index (χ4v) is 2.87. The van der Waals surface area contributed by atoms with Crippen molar-refractivity contribution in [3.8, 4) is 0 Å². The van der Waals surface area contributed by atoms with E-state index < -0.39 is 0 Å². The van der Waals surface area contributed by atoms with Gasteiger partial charge < -0.3 is 0 Å². The maximum atomic E-state index is 4.20. The second kappa shape index (κ2) is 2.21. The molecule has 0 radical (unpaired) electrons. The summed E-state index contributed by atoms with van der Waals surface area (Å²) < 4.78 is 2.81. The summed E-state index contributed by atoms with van der Waals surface area (Å²) >= 11 is 4.61. The summed E-state index contributed by atoms with van der Waals surface area (Å²) in [5.41, 5.74) is 0. The van der Waals surface area contributed by atoms with Crippen molar-refractivity contribution in [1.82, 2.24) is 0 Å². The Kier molecular flexibility index (Phi) is 1.83. The van der Waals surface area contributed by atoms with E-state index in [4.69, 9.17) is 0 Å². The van der Waals surface area contributed by atoms with E-state index in [1.165, 1.54) is 13.8 Å². The molecule has 1 rings (SSSR count). The van der Waals surface area contributed by atoms with Gasteiger partial charge in [0.25, 0.3) is 0 Å². The van der Waals surface area contributed by atoms with Gasteiger partial charge in [0.15, 0.2) is 0 Å². The quantitative estimate of drug-likeness (QED) is 0.275. The number of halogens is 1. The van der Waals surface area contributed by atoms with Crippen LogP contribution in [-0.4, -0.2) is 4.43 Å². The fourth-order valence-electron chi connectivity index (χ4n) is 0.380. The standard InChI is InChI=1S/C4H6IS/c6-4-2-1-3-5-4/h2,6H,1,3H2/q-1. The Hall–Kier alpha value is 0.820. The molecule has 1 aliphatic heterocycles. The molecule has 1 aliphatic rings. The van der Waals surface area contributed by atoms with Gasteiger partial charge in [0.1, 0.15) is 0 Å². The van der Waals surface area contributed by atoms with Crippen LogP contribution >= 0.6 is 12.6 Å². The average molecular weight is 213 g/mol. The first kappa shape index (κ1) is 4.97. The van der Waals surface area contributed by atoms with Gasteiger partial charge in [0.2, 0.25) is 0 Å². The van der Waals surface area contributed by atoms with Crippen molar-refractivity contribution in [3.05, 3.63) is 8.99 Å². The SMILES string of the molecule is SC1=CCC[I-]1. The number of hydrogen-bond donors (Lipinski definition) is 1. The van der Waals surface area contributed by atoms with Gasteiger partial charge in [0, 0.05) is 0 Å². The van der Waals surface area contributed by atoms with Gasteiger partial charge in [-0.25, -0.2) is 0 Å². The van der Waals surface area contributed by atoms with Gasteiger partial charge in [0.05, 0.1) is 0 Å². The molecule has 0 aliphatic carbocycles. The third-order valence-electron chi connectivity index (χ3n) is 0.653. The van der Waals surface area contributed by atoms with E-state index in [1.807, 2.05) is 0 Å². The monoisotopic (exact) mass is 213 g/mol. The van der Waals surface area contributed by atoms with E-state index in [0.717, 1.165) is 0 Å². The van der Waals surface area contributed by atoms with Crippen LogP contribution in [-0.2, 0) is 0 Å². The van der Waals surface area contributed by atoms with Crippen LogP contribution in [0.15, 0.2) is 8.99 Å². The van der Waals surface area contributed by atoms with Crippen molar-refractivity contribution in [2.24, 2.45) is 0 Å². The van der Waals surface area contributed by atoms with E-state index in [2.05, 4.69) is 18.7 Å². The molecule has 0 aromatic rings. The van der Waals surface area contributed by atoms with Crippen LogP contribution in [0.5, 0.6) is 0 Å². The zero-order valence-electron chi connectivity index (χ0n) is 3.32. The molecular weight excluding hydrogens is 207 g/mol. The first-order valence-corrected chi connectivity index (χ1v) is 4.93. The van der Waals surface area contributed by atoms with Crippen LogP contribution in [0.1, 0.15) is 6.42 Å². The average Bonchev–Trinajstić information content (AvgIpc) is 1.86. The molecule has 0 aromatic carbocycles. The molecule has 0 bridgehead atoms. The topological polar surface area (TPSA) is 0 Å². The minimum atomic E-state index is 0.405. The van der Waals surface area contributed by atoms with Crippen molar-refractivity contribution in [3.63, 3.8) is 0 Å². The molecule has 0 spiro atoms. The summed E-state index contributed by atoms with van der Waals surface area (Å²) in [6.07, 6.45) is 3.53. The van der Waals surface area contributed by atoms with Crippen LogP contribution < -0.4 is 21.2 Å². The van der Waals surface area contributed by atoms with Crippen LogP contribution in [0, 0.1) is 0 Å². The van der Waals surface area contributed by atoms with Crippen molar-refractivity contribution < 1.29 is 21.2 Å². The number of alkyl halides is 1. The van der Waals surface area contributed by atoms with Gasteiger partial charge in [-0.2, -0.15) is 0 Å². The normalized spacial score (nSPS) is 22.5. The summed E-state index contributed by atoms with van der Waals surface area (Å²) in [6.45, 7) is 0. The Balaban J connectivity index is 2.45. The predicted molar refractivity (Wildman–Crippen MR) is 26.6 cm³/mol. The first-order valence-electron chi connectivity index (χ1n) is 1.88. The maximum absolute atomic E-state index is 4.20. The van der Waals surface area contributed by atoms with Crippen LogP contribution in [0.25, 0.3) is 0 Å². The number of allylic oxidation sites excluding steroid dienone is 1. The number of hydrogen-bond acceptors (Lipinski definition) is 1. The van der Waals surface area contributed by atoms with Crippen molar-refractivity contribution in [2.75, 3.05) is 4.43 Å². The molecule has 0 N–H and O–H groups in total. The van der Waals surface area contributed by atoms with E-state index >= 15 is 0 Å². The molecule has 0 nitrogen and oxygen atoms in total. The van der Waals surface area contributed by atoms with Crippen LogP contribution in [0.3, 0.4) is 0 Å². The van der Waals surface area contributed by atoms with Crippen LogP contribution in [0.2, 0.25) is 0 Å². The van der Waals surface area contributed by atoms with Crippen molar-refractivity contribution in [1.29, 1.82) is 0 Å². The second-order valence-electron chi connectivity index (χ2n) is 1.14. The Morgan fingerprint density at radius 3 is 2.83 bits per heavy atom. The summed E-state index contributed by atoms with van der Waals surface area (Å²) in [4.78, 5) is 0. The zero-order valence-corrected chi connectivity index (χ0v) is 6.37. The summed E-state index contributed by atoms with van der Waals surface area (Å²) in [7, 11) is 0. The molecule has 0 saturated carbocycles. The Labute approximate surface area is 53.7 Å². The Morgan fingerprint density at radius 2 is 2.67 bits per heavy atom. The van der Waals surface area contributed by atoms with E-state index in [0.29, 0.717) is 21.2 Å². The second-order valence-corrected chi connectivity index (χ2v) is 5.48. The molecule has 2 heteroatoms. The molecule has 0 atom stereocenters. The van der Waals surface area contributed by atoms with Crippen LogP contribution in [0.4, 0.5) is 0 Å². The predicted octanol–water partition coefficient (Wildman–Crippen LogP) is -1.75. The van der Waals surface area contributed by atoms with E-state index in [-0.39, 0.29) is 0 Å². The van der Waals surface area contributed by atoms with Gasteiger partial charge >= 0.3 is 53.7 Å². The van der Waals surface area contributed by atoms with E-state index in [9.17, 15) is 0 Å². The molecule has 0 amide bonds. The zero-order chi connectivity index (χ0) is 4.41.